The molecule has 0 aliphatic rings. The molecule has 1 aromatic rings. The number of nitrogens with zero attached hydrogens (tertiary/aromatic N) is 2. The highest BCUT2D eigenvalue weighted by Gasteiger charge is 2.19. The van der Waals surface area contributed by atoms with Crippen LogP contribution >= 0.6 is 0 Å². The van der Waals surface area contributed by atoms with Crippen molar-refractivity contribution in [3.05, 3.63) is 18.2 Å². The first-order valence-electron chi connectivity index (χ1n) is 4.33. The van der Waals surface area contributed by atoms with Crippen LogP contribution in [0.5, 0.6) is 0 Å². The molecule has 1 atom stereocenters. The molecular weight excluding hydrogens is 166 g/mol. The van der Waals surface area contributed by atoms with E-state index in [0.717, 1.165) is 0 Å². The lowest BCUT2D eigenvalue weighted by Gasteiger charge is -2.21. The van der Waals surface area contributed by atoms with Gasteiger partial charge in [-0.05, 0) is 20.3 Å². The van der Waals surface area contributed by atoms with Gasteiger partial charge in [0.25, 0.3) is 0 Å². The summed E-state index contributed by atoms with van der Waals surface area (Å²) in [4.78, 5) is 4.06. The summed E-state index contributed by atoms with van der Waals surface area (Å²) >= 11 is 0. The molecular formula is C9H17N3O. The van der Waals surface area contributed by atoms with Crippen molar-refractivity contribution in [1.82, 2.24) is 9.55 Å². The van der Waals surface area contributed by atoms with Crippen molar-refractivity contribution in [2.45, 2.75) is 31.9 Å². The van der Waals surface area contributed by atoms with Gasteiger partial charge in [-0.25, -0.2) is 4.98 Å². The lowest BCUT2D eigenvalue weighted by atomic mass is 9.97. The molecule has 3 N–H and O–H groups in total. The molecule has 1 rings (SSSR count). The summed E-state index contributed by atoms with van der Waals surface area (Å²) in [7, 11) is 1.87. The Balaban J connectivity index is 2.64. The number of hydrogen-bond donors (Lipinski definition) is 2. The van der Waals surface area contributed by atoms with Gasteiger partial charge in [0.2, 0.25) is 0 Å². The van der Waals surface area contributed by atoms with E-state index in [1.807, 2.05) is 25.5 Å². The summed E-state index contributed by atoms with van der Waals surface area (Å²) in [5.41, 5.74) is 6.10. The fraction of sp³-hybridized carbons (Fsp3) is 0.667. The standard InChI is InChI=1S/C9H17N3O/c1-9(2,10)4-8(13)7-5-12(3)6-11-7/h5-6,8,13H,4,10H2,1-3H3. The van der Waals surface area contributed by atoms with Crippen LogP contribution in [0, 0.1) is 0 Å². The van der Waals surface area contributed by atoms with Crippen LogP contribution < -0.4 is 5.73 Å². The number of aliphatic hydroxyl groups is 1. The SMILES string of the molecule is Cn1cnc(C(O)CC(C)(C)N)c1. The first-order valence-corrected chi connectivity index (χ1v) is 4.33. The lowest BCUT2D eigenvalue weighted by Crippen LogP contribution is -2.33. The lowest BCUT2D eigenvalue weighted by molar-refractivity contribution is 0.138. The third-order valence-electron chi connectivity index (χ3n) is 1.79. The van der Waals surface area contributed by atoms with Crippen LogP contribution in [0.3, 0.4) is 0 Å². The minimum atomic E-state index is -0.568. The highest BCUT2D eigenvalue weighted by molar-refractivity contribution is 5.02. The monoisotopic (exact) mass is 183 g/mol. The number of imidazole rings is 1. The van der Waals surface area contributed by atoms with Crippen molar-refractivity contribution in [1.29, 1.82) is 0 Å². The van der Waals surface area contributed by atoms with E-state index in [1.165, 1.54) is 0 Å². The average molecular weight is 183 g/mol. The van der Waals surface area contributed by atoms with Gasteiger partial charge < -0.3 is 15.4 Å². The molecule has 0 amide bonds. The number of rotatable bonds is 3. The van der Waals surface area contributed by atoms with Gasteiger partial charge in [-0.3, -0.25) is 0 Å². The molecule has 13 heavy (non-hydrogen) atoms. The third-order valence-corrected chi connectivity index (χ3v) is 1.79. The molecule has 0 aromatic carbocycles. The molecule has 4 heteroatoms. The van der Waals surface area contributed by atoms with Crippen LogP contribution in [0.15, 0.2) is 12.5 Å². The second-order valence-electron chi connectivity index (χ2n) is 4.17. The zero-order valence-electron chi connectivity index (χ0n) is 8.36. The fourth-order valence-corrected chi connectivity index (χ4v) is 1.21. The highest BCUT2D eigenvalue weighted by atomic mass is 16.3. The van der Waals surface area contributed by atoms with E-state index in [-0.39, 0.29) is 5.54 Å². The molecule has 1 heterocycles. The zero-order chi connectivity index (χ0) is 10.1. The predicted molar refractivity (Wildman–Crippen MR) is 51.1 cm³/mol. The molecule has 0 aliphatic carbocycles. The Hall–Kier alpha value is -0.870. The molecule has 1 unspecified atom stereocenters. The second-order valence-corrected chi connectivity index (χ2v) is 4.17. The van der Waals surface area contributed by atoms with Crippen molar-refractivity contribution >= 4 is 0 Å². The highest BCUT2D eigenvalue weighted by Crippen LogP contribution is 2.20. The predicted octanol–water partition coefficient (Wildman–Crippen LogP) is 0.581. The second kappa shape index (κ2) is 3.47. The third kappa shape index (κ3) is 3.16. The van der Waals surface area contributed by atoms with E-state index in [4.69, 9.17) is 5.73 Å². The van der Waals surface area contributed by atoms with Crippen molar-refractivity contribution in [3.8, 4) is 0 Å². The molecule has 0 spiro atoms. The quantitative estimate of drug-likeness (QED) is 0.720. The number of nitrogens with two attached hydrogens (primary N) is 1. The van der Waals surface area contributed by atoms with Gasteiger partial charge >= 0.3 is 0 Å². The Labute approximate surface area is 78.4 Å². The van der Waals surface area contributed by atoms with Gasteiger partial charge in [0, 0.05) is 18.8 Å². The van der Waals surface area contributed by atoms with Crippen LogP contribution in [0.25, 0.3) is 0 Å². The topological polar surface area (TPSA) is 64.1 Å². The summed E-state index contributed by atoms with van der Waals surface area (Å²) in [6.07, 6.45) is 3.42. The van der Waals surface area contributed by atoms with Gasteiger partial charge in [-0.1, -0.05) is 0 Å². The normalized spacial score (nSPS) is 14.5. The Morgan fingerprint density at radius 3 is 2.69 bits per heavy atom. The van der Waals surface area contributed by atoms with E-state index in [0.29, 0.717) is 12.1 Å². The van der Waals surface area contributed by atoms with Crippen molar-refractivity contribution in [2.24, 2.45) is 12.8 Å². The van der Waals surface area contributed by atoms with Gasteiger partial charge in [0.05, 0.1) is 18.1 Å². The van der Waals surface area contributed by atoms with E-state index in [2.05, 4.69) is 4.98 Å². The van der Waals surface area contributed by atoms with Crippen LogP contribution in [-0.2, 0) is 7.05 Å². The Bertz CT molecular complexity index is 275. The Morgan fingerprint density at radius 1 is 1.69 bits per heavy atom. The van der Waals surface area contributed by atoms with Crippen molar-refractivity contribution in [2.75, 3.05) is 0 Å². The number of aromatic nitrogens is 2. The summed E-state index contributed by atoms with van der Waals surface area (Å²) < 4.78 is 1.81. The van der Waals surface area contributed by atoms with E-state index in [1.54, 1.807) is 12.5 Å². The molecule has 0 radical (unpaired) electrons. The van der Waals surface area contributed by atoms with Gasteiger partial charge in [0.1, 0.15) is 0 Å². The minimum Gasteiger partial charge on any atom is -0.387 e. The molecule has 1 aromatic heterocycles. The zero-order valence-corrected chi connectivity index (χ0v) is 8.36. The summed E-state index contributed by atoms with van der Waals surface area (Å²) in [5, 5.41) is 9.71. The Morgan fingerprint density at radius 2 is 2.31 bits per heavy atom. The molecule has 0 aliphatic heterocycles. The van der Waals surface area contributed by atoms with E-state index in [9.17, 15) is 5.11 Å². The number of aliphatic hydroxyl groups excluding tert-OH is 1. The molecule has 0 bridgehead atoms. The van der Waals surface area contributed by atoms with Gasteiger partial charge in [-0.2, -0.15) is 0 Å². The largest absolute Gasteiger partial charge is 0.387 e. The van der Waals surface area contributed by atoms with E-state index >= 15 is 0 Å². The minimum absolute atomic E-state index is 0.364. The molecule has 0 fully saturated rings. The molecule has 0 saturated carbocycles. The molecule has 4 nitrogen and oxygen atoms in total. The van der Waals surface area contributed by atoms with Gasteiger partial charge in [-0.15, -0.1) is 0 Å². The first kappa shape index (κ1) is 10.2. The summed E-state index contributed by atoms with van der Waals surface area (Å²) in [6.45, 7) is 3.78. The maximum Gasteiger partial charge on any atom is 0.0992 e. The number of aryl methyl sites for hydroxylation is 1. The van der Waals surface area contributed by atoms with E-state index < -0.39 is 6.10 Å². The smallest absolute Gasteiger partial charge is 0.0992 e. The molecule has 74 valence electrons. The van der Waals surface area contributed by atoms with Crippen LogP contribution in [0.2, 0.25) is 0 Å². The maximum absolute atomic E-state index is 9.71. The first-order chi connectivity index (χ1) is 5.88. The van der Waals surface area contributed by atoms with Crippen LogP contribution in [0.4, 0.5) is 0 Å². The fourth-order valence-electron chi connectivity index (χ4n) is 1.21. The van der Waals surface area contributed by atoms with Crippen LogP contribution in [-0.4, -0.2) is 20.2 Å². The maximum atomic E-state index is 9.71. The average Bonchev–Trinajstić information content (AvgIpc) is 2.31. The summed E-state index contributed by atoms with van der Waals surface area (Å²) in [5.74, 6) is 0. The summed E-state index contributed by atoms with van der Waals surface area (Å²) in [6, 6.07) is 0. The van der Waals surface area contributed by atoms with Crippen molar-refractivity contribution < 1.29 is 5.11 Å². The number of hydrogen-bond acceptors (Lipinski definition) is 3. The van der Waals surface area contributed by atoms with Gasteiger partial charge in [0.15, 0.2) is 0 Å². The Kier molecular flexibility index (Phi) is 2.73. The van der Waals surface area contributed by atoms with Crippen molar-refractivity contribution in [3.63, 3.8) is 0 Å². The molecule has 0 saturated heterocycles. The van der Waals surface area contributed by atoms with Crippen LogP contribution in [0.1, 0.15) is 32.1 Å².